The average molecular weight is 173 g/mol. The Kier molecular flexibility index (Phi) is 4.24. The molecule has 0 saturated heterocycles. The predicted molar refractivity (Wildman–Crippen MR) is 48.8 cm³/mol. The molecule has 0 aliphatic heterocycles. The van der Waals surface area contributed by atoms with Gasteiger partial charge in [0.1, 0.15) is 6.10 Å². The molecule has 1 unspecified atom stereocenters. The summed E-state index contributed by atoms with van der Waals surface area (Å²) in [4.78, 5) is 13.1. The minimum Gasteiger partial charge on any atom is -0.384 e. The Bertz CT molecular complexity index is 145. The SMILES string of the molecule is CC(O)C(=O)N(C(C)C)C(C)C. The number of hydrogen-bond donors (Lipinski definition) is 1. The molecule has 1 amide bonds. The quantitative estimate of drug-likeness (QED) is 0.692. The highest BCUT2D eigenvalue weighted by Gasteiger charge is 2.23. The molecular formula is C9H19NO2. The minimum absolute atomic E-state index is 0.145. The van der Waals surface area contributed by atoms with Crippen molar-refractivity contribution in [1.82, 2.24) is 4.90 Å². The summed E-state index contributed by atoms with van der Waals surface area (Å²) in [5.41, 5.74) is 0. The summed E-state index contributed by atoms with van der Waals surface area (Å²) >= 11 is 0. The summed E-state index contributed by atoms with van der Waals surface area (Å²) in [5, 5.41) is 9.10. The van der Waals surface area contributed by atoms with Crippen LogP contribution in [0.15, 0.2) is 0 Å². The van der Waals surface area contributed by atoms with E-state index in [9.17, 15) is 4.79 Å². The molecule has 0 fully saturated rings. The first kappa shape index (κ1) is 11.4. The van der Waals surface area contributed by atoms with Crippen LogP contribution in [0.3, 0.4) is 0 Å². The second-order valence-corrected chi connectivity index (χ2v) is 3.61. The molecule has 0 rings (SSSR count). The van der Waals surface area contributed by atoms with Crippen LogP contribution in [-0.4, -0.2) is 34.1 Å². The monoisotopic (exact) mass is 173 g/mol. The minimum atomic E-state index is -0.894. The van der Waals surface area contributed by atoms with Crippen molar-refractivity contribution >= 4 is 5.91 Å². The van der Waals surface area contributed by atoms with Crippen LogP contribution in [0.1, 0.15) is 34.6 Å². The fourth-order valence-electron chi connectivity index (χ4n) is 1.32. The molecule has 0 spiro atoms. The summed E-state index contributed by atoms with van der Waals surface area (Å²) in [6, 6.07) is 0.291. The van der Waals surface area contributed by atoms with E-state index in [1.165, 1.54) is 6.92 Å². The maximum atomic E-state index is 11.4. The number of nitrogens with zero attached hydrogens (tertiary/aromatic N) is 1. The molecule has 12 heavy (non-hydrogen) atoms. The second-order valence-electron chi connectivity index (χ2n) is 3.61. The van der Waals surface area contributed by atoms with Crippen molar-refractivity contribution in [1.29, 1.82) is 0 Å². The highest BCUT2D eigenvalue weighted by atomic mass is 16.3. The molecule has 3 heteroatoms. The van der Waals surface area contributed by atoms with Gasteiger partial charge >= 0.3 is 0 Å². The van der Waals surface area contributed by atoms with Crippen LogP contribution in [-0.2, 0) is 4.79 Å². The number of carbonyl (C=O) groups excluding carboxylic acids is 1. The number of amides is 1. The van der Waals surface area contributed by atoms with Crippen molar-refractivity contribution in [3.63, 3.8) is 0 Å². The number of hydrogen-bond acceptors (Lipinski definition) is 2. The summed E-state index contributed by atoms with van der Waals surface area (Å²) in [7, 11) is 0. The Balaban J connectivity index is 4.41. The van der Waals surface area contributed by atoms with Gasteiger partial charge in [-0.3, -0.25) is 4.79 Å². The third-order valence-electron chi connectivity index (χ3n) is 1.72. The van der Waals surface area contributed by atoms with Gasteiger partial charge in [-0.05, 0) is 34.6 Å². The maximum absolute atomic E-state index is 11.4. The summed E-state index contributed by atoms with van der Waals surface area (Å²) in [6.07, 6.45) is -0.894. The van der Waals surface area contributed by atoms with Crippen LogP contribution in [0.2, 0.25) is 0 Å². The zero-order valence-electron chi connectivity index (χ0n) is 8.53. The topological polar surface area (TPSA) is 40.5 Å². The third kappa shape index (κ3) is 2.81. The first-order valence-electron chi connectivity index (χ1n) is 4.38. The highest BCUT2D eigenvalue weighted by molar-refractivity contribution is 5.80. The predicted octanol–water partition coefficient (Wildman–Crippen LogP) is 1.01. The van der Waals surface area contributed by atoms with Crippen LogP contribution < -0.4 is 0 Å². The lowest BCUT2D eigenvalue weighted by Gasteiger charge is -2.31. The van der Waals surface area contributed by atoms with Gasteiger partial charge in [-0.2, -0.15) is 0 Å². The molecule has 72 valence electrons. The van der Waals surface area contributed by atoms with Crippen molar-refractivity contribution in [2.24, 2.45) is 0 Å². The molecule has 0 radical (unpaired) electrons. The number of carbonyl (C=O) groups is 1. The number of aliphatic hydroxyl groups excluding tert-OH is 1. The van der Waals surface area contributed by atoms with Gasteiger partial charge in [-0.15, -0.1) is 0 Å². The maximum Gasteiger partial charge on any atom is 0.251 e. The molecule has 0 saturated carbocycles. The van der Waals surface area contributed by atoms with Crippen molar-refractivity contribution in [3.05, 3.63) is 0 Å². The van der Waals surface area contributed by atoms with E-state index in [4.69, 9.17) is 5.11 Å². The van der Waals surface area contributed by atoms with Gasteiger partial charge < -0.3 is 10.0 Å². The van der Waals surface area contributed by atoms with E-state index in [0.717, 1.165) is 0 Å². The van der Waals surface area contributed by atoms with E-state index < -0.39 is 6.10 Å². The number of rotatable bonds is 3. The molecule has 0 aromatic carbocycles. The molecule has 1 atom stereocenters. The zero-order valence-corrected chi connectivity index (χ0v) is 8.53. The van der Waals surface area contributed by atoms with Gasteiger partial charge in [0.2, 0.25) is 0 Å². The van der Waals surface area contributed by atoms with Gasteiger partial charge in [0.25, 0.3) is 5.91 Å². The molecular weight excluding hydrogens is 154 g/mol. The smallest absolute Gasteiger partial charge is 0.251 e. The van der Waals surface area contributed by atoms with E-state index >= 15 is 0 Å². The van der Waals surface area contributed by atoms with Crippen LogP contribution in [0.4, 0.5) is 0 Å². The number of aliphatic hydroxyl groups is 1. The van der Waals surface area contributed by atoms with Crippen molar-refractivity contribution in [2.75, 3.05) is 0 Å². The first-order chi connectivity index (χ1) is 5.37. The van der Waals surface area contributed by atoms with Crippen molar-refractivity contribution in [3.8, 4) is 0 Å². The fraction of sp³-hybridized carbons (Fsp3) is 0.889. The van der Waals surface area contributed by atoms with Gasteiger partial charge in [-0.25, -0.2) is 0 Å². The highest BCUT2D eigenvalue weighted by Crippen LogP contribution is 2.07. The average Bonchev–Trinajstić information content (AvgIpc) is 1.85. The van der Waals surface area contributed by atoms with E-state index in [1.54, 1.807) is 4.90 Å². The Morgan fingerprint density at radius 3 is 1.50 bits per heavy atom. The van der Waals surface area contributed by atoms with Gasteiger partial charge in [0.05, 0.1) is 0 Å². The summed E-state index contributed by atoms with van der Waals surface area (Å²) < 4.78 is 0. The van der Waals surface area contributed by atoms with E-state index in [-0.39, 0.29) is 18.0 Å². The van der Waals surface area contributed by atoms with E-state index in [0.29, 0.717) is 0 Å². The van der Waals surface area contributed by atoms with E-state index in [1.807, 2.05) is 27.7 Å². The Hall–Kier alpha value is -0.570. The van der Waals surface area contributed by atoms with Gasteiger partial charge in [-0.1, -0.05) is 0 Å². The molecule has 0 aromatic rings. The molecule has 1 N–H and O–H groups in total. The van der Waals surface area contributed by atoms with Crippen LogP contribution in [0.25, 0.3) is 0 Å². The summed E-state index contributed by atoms with van der Waals surface area (Å²) in [5.74, 6) is -0.194. The van der Waals surface area contributed by atoms with Crippen LogP contribution >= 0.6 is 0 Å². The second kappa shape index (κ2) is 4.45. The van der Waals surface area contributed by atoms with Gasteiger partial charge in [0.15, 0.2) is 0 Å². The lowest BCUT2D eigenvalue weighted by molar-refractivity contribution is -0.142. The van der Waals surface area contributed by atoms with Gasteiger partial charge in [0, 0.05) is 12.1 Å². The third-order valence-corrected chi connectivity index (χ3v) is 1.72. The van der Waals surface area contributed by atoms with Crippen molar-refractivity contribution in [2.45, 2.75) is 52.8 Å². The zero-order chi connectivity index (χ0) is 9.89. The molecule has 0 aromatic heterocycles. The Labute approximate surface area is 74.4 Å². The molecule has 0 aliphatic rings. The normalized spacial score (nSPS) is 13.7. The van der Waals surface area contributed by atoms with Crippen LogP contribution in [0.5, 0.6) is 0 Å². The Morgan fingerprint density at radius 1 is 1.08 bits per heavy atom. The molecule has 0 bridgehead atoms. The Morgan fingerprint density at radius 2 is 1.42 bits per heavy atom. The van der Waals surface area contributed by atoms with Crippen LogP contribution in [0, 0.1) is 0 Å². The first-order valence-corrected chi connectivity index (χ1v) is 4.38. The molecule has 3 nitrogen and oxygen atoms in total. The van der Waals surface area contributed by atoms with Crippen molar-refractivity contribution < 1.29 is 9.90 Å². The lowest BCUT2D eigenvalue weighted by Crippen LogP contribution is -2.46. The lowest BCUT2D eigenvalue weighted by atomic mass is 10.2. The fourth-order valence-corrected chi connectivity index (χ4v) is 1.32. The standard InChI is InChI=1S/C9H19NO2/c1-6(2)10(7(3)4)9(12)8(5)11/h6-8,11H,1-5H3. The largest absolute Gasteiger partial charge is 0.384 e. The van der Waals surface area contributed by atoms with E-state index in [2.05, 4.69) is 0 Å². The summed E-state index contributed by atoms with van der Waals surface area (Å²) in [6.45, 7) is 9.28. The molecule has 0 aliphatic carbocycles. The molecule has 0 heterocycles.